The summed E-state index contributed by atoms with van der Waals surface area (Å²) < 4.78 is 28.6. The van der Waals surface area contributed by atoms with Crippen molar-refractivity contribution in [3.05, 3.63) is 46.7 Å². The molecule has 1 aliphatic rings. The fourth-order valence-corrected chi connectivity index (χ4v) is 3.45. The molecule has 1 saturated heterocycles. The van der Waals surface area contributed by atoms with Gasteiger partial charge in [0.25, 0.3) is 5.91 Å². The van der Waals surface area contributed by atoms with E-state index in [9.17, 15) is 18.4 Å². The SMILES string of the molecule is O=C(Nc1ccc(OC(F)F)cc1)C1CCCN1C(=O)c1cccs1. The van der Waals surface area contributed by atoms with Gasteiger partial charge in [-0.15, -0.1) is 11.3 Å². The molecule has 0 aliphatic carbocycles. The number of thiophene rings is 1. The molecular weight excluding hydrogens is 350 g/mol. The molecule has 1 unspecified atom stereocenters. The van der Waals surface area contributed by atoms with Crippen LogP contribution in [0.3, 0.4) is 0 Å². The van der Waals surface area contributed by atoms with Crippen molar-refractivity contribution in [3.8, 4) is 5.75 Å². The van der Waals surface area contributed by atoms with Gasteiger partial charge in [0.1, 0.15) is 11.8 Å². The van der Waals surface area contributed by atoms with Crippen molar-refractivity contribution in [3.63, 3.8) is 0 Å². The number of rotatable bonds is 5. The molecule has 25 heavy (non-hydrogen) atoms. The van der Waals surface area contributed by atoms with Gasteiger partial charge in [-0.3, -0.25) is 9.59 Å². The number of amides is 2. The van der Waals surface area contributed by atoms with Crippen LogP contribution in [0.2, 0.25) is 0 Å². The van der Waals surface area contributed by atoms with E-state index in [2.05, 4.69) is 10.1 Å². The third kappa shape index (κ3) is 4.14. The van der Waals surface area contributed by atoms with E-state index >= 15 is 0 Å². The van der Waals surface area contributed by atoms with Crippen molar-refractivity contribution in [1.29, 1.82) is 0 Å². The Bertz CT molecular complexity index is 735. The quantitative estimate of drug-likeness (QED) is 0.880. The predicted molar refractivity (Wildman–Crippen MR) is 90.1 cm³/mol. The van der Waals surface area contributed by atoms with Gasteiger partial charge in [0, 0.05) is 12.2 Å². The van der Waals surface area contributed by atoms with Crippen LogP contribution in [0.1, 0.15) is 22.5 Å². The highest BCUT2D eigenvalue weighted by Gasteiger charge is 2.34. The second kappa shape index (κ2) is 7.60. The van der Waals surface area contributed by atoms with Crippen LogP contribution in [0, 0.1) is 0 Å². The number of ether oxygens (including phenoxy) is 1. The predicted octanol–water partition coefficient (Wildman–Crippen LogP) is 3.59. The molecule has 0 bridgehead atoms. The second-order valence-corrected chi connectivity index (χ2v) is 6.47. The van der Waals surface area contributed by atoms with Gasteiger partial charge >= 0.3 is 6.61 Å². The first kappa shape index (κ1) is 17.3. The molecule has 1 aromatic carbocycles. The largest absolute Gasteiger partial charge is 0.435 e. The first-order valence-electron chi connectivity index (χ1n) is 7.75. The number of nitrogens with one attached hydrogen (secondary N) is 1. The minimum Gasteiger partial charge on any atom is -0.435 e. The summed E-state index contributed by atoms with van der Waals surface area (Å²) >= 11 is 1.34. The number of alkyl halides is 2. The van der Waals surface area contributed by atoms with Crippen LogP contribution < -0.4 is 10.1 Å². The van der Waals surface area contributed by atoms with Gasteiger partial charge in [-0.1, -0.05) is 6.07 Å². The van der Waals surface area contributed by atoms with Crippen LogP contribution in [0.15, 0.2) is 41.8 Å². The molecular formula is C17H16F2N2O3S. The lowest BCUT2D eigenvalue weighted by Gasteiger charge is -2.23. The number of carbonyl (C=O) groups excluding carboxylic acids is 2. The lowest BCUT2D eigenvalue weighted by atomic mass is 10.2. The summed E-state index contributed by atoms with van der Waals surface area (Å²) in [7, 11) is 0. The van der Waals surface area contributed by atoms with Crippen LogP contribution in [-0.2, 0) is 4.79 Å². The number of carbonyl (C=O) groups is 2. The lowest BCUT2D eigenvalue weighted by molar-refractivity contribution is -0.119. The van der Waals surface area contributed by atoms with E-state index in [0.717, 1.165) is 6.42 Å². The molecule has 5 nitrogen and oxygen atoms in total. The van der Waals surface area contributed by atoms with Gasteiger partial charge in [0.2, 0.25) is 5.91 Å². The molecule has 8 heteroatoms. The Kier molecular flexibility index (Phi) is 5.28. The Morgan fingerprint density at radius 3 is 2.64 bits per heavy atom. The fourth-order valence-electron chi connectivity index (χ4n) is 2.77. The fraction of sp³-hybridized carbons (Fsp3) is 0.294. The molecule has 3 rings (SSSR count). The zero-order valence-corrected chi connectivity index (χ0v) is 14.0. The van der Waals surface area contributed by atoms with E-state index < -0.39 is 12.7 Å². The van der Waals surface area contributed by atoms with Crippen molar-refractivity contribution in [2.45, 2.75) is 25.5 Å². The monoisotopic (exact) mass is 366 g/mol. The van der Waals surface area contributed by atoms with E-state index in [4.69, 9.17) is 0 Å². The third-order valence-electron chi connectivity index (χ3n) is 3.90. The van der Waals surface area contributed by atoms with Gasteiger partial charge in [-0.25, -0.2) is 0 Å². The Morgan fingerprint density at radius 1 is 1.24 bits per heavy atom. The van der Waals surface area contributed by atoms with Crippen molar-refractivity contribution in [1.82, 2.24) is 4.90 Å². The van der Waals surface area contributed by atoms with E-state index in [1.807, 2.05) is 5.38 Å². The average molecular weight is 366 g/mol. The molecule has 0 spiro atoms. The van der Waals surface area contributed by atoms with Gasteiger partial charge in [-0.05, 0) is 48.6 Å². The van der Waals surface area contributed by atoms with Crippen molar-refractivity contribution in [2.24, 2.45) is 0 Å². The van der Waals surface area contributed by atoms with Crippen LogP contribution in [0.25, 0.3) is 0 Å². The maximum Gasteiger partial charge on any atom is 0.387 e. The van der Waals surface area contributed by atoms with Gasteiger partial charge in [0.15, 0.2) is 0 Å². The lowest BCUT2D eigenvalue weighted by Crippen LogP contribution is -2.42. The van der Waals surface area contributed by atoms with Gasteiger partial charge in [-0.2, -0.15) is 8.78 Å². The number of benzene rings is 1. The highest BCUT2D eigenvalue weighted by molar-refractivity contribution is 7.12. The minimum absolute atomic E-state index is 0.0170. The molecule has 132 valence electrons. The van der Waals surface area contributed by atoms with E-state index in [-0.39, 0.29) is 17.6 Å². The number of halogens is 2. The summed E-state index contributed by atoms with van der Waals surface area (Å²) in [6.45, 7) is -2.36. The Labute approximate surface area is 147 Å². The number of hydrogen-bond acceptors (Lipinski definition) is 4. The van der Waals surface area contributed by atoms with Crippen molar-refractivity contribution >= 4 is 28.8 Å². The molecule has 1 N–H and O–H groups in total. The summed E-state index contributed by atoms with van der Waals surface area (Å²) in [5.74, 6) is -0.415. The maximum atomic E-state index is 12.5. The second-order valence-electron chi connectivity index (χ2n) is 5.53. The Balaban J connectivity index is 1.64. The summed E-state index contributed by atoms with van der Waals surface area (Å²) in [4.78, 5) is 27.2. The molecule has 1 atom stereocenters. The molecule has 2 amide bonds. The van der Waals surface area contributed by atoms with Crippen molar-refractivity contribution < 1.29 is 23.1 Å². The highest BCUT2D eigenvalue weighted by atomic mass is 32.1. The summed E-state index contributed by atoms with van der Waals surface area (Å²) in [6.07, 6.45) is 1.35. The van der Waals surface area contributed by atoms with Gasteiger partial charge in [0.05, 0.1) is 4.88 Å². The molecule has 0 radical (unpaired) electrons. The van der Waals surface area contributed by atoms with Crippen LogP contribution in [0.4, 0.5) is 14.5 Å². The smallest absolute Gasteiger partial charge is 0.387 e. The molecule has 1 fully saturated rings. The van der Waals surface area contributed by atoms with E-state index in [0.29, 0.717) is 23.5 Å². The molecule has 1 aromatic heterocycles. The molecule has 2 aromatic rings. The minimum atomic E-state index is -2.89. The van der Waals surface area contributed by atoms with E-state index in [1.165, 1.54) is 35.6 Å². The topological polar surface area (TPSA) is 58.6 Å². The van der Waals surface area contributed by atoms with Crippen molar-refractivity contribution in [2.75, 3.05) is 11.9 Å². The standard InChI is InChI=1S/C17H16F2N2O3S/c18-17(19)24-12-7-5-11(6-8-12)20-15(22)13-3-1-9-21(13)16(23)14-4-2-10-25-14/h2,4-8,10,13,17H,1,3,9H2,(H,20,22). The Hall–Kier alpha value is -2.48. The number of anilines is 1. The first-order chi connectivity index (χ1) is 12.0. The number of hydrogen-bond donors (Lipinski definition) is 1. The van der Waals surface area contributed by atoms with Crippen LogP contribution >= 0.6 is 11.3 Å². The highest BCUT2D eigenvalue weighted by Crippen LogP contribution is 2.24. The molecule has 1 aliphatic heterocycles. The van der Waals surface area contributed by atoms with E-state index in [1.54, 1.807) is 17.0 Å². The first-order valence-corrected chi connectivity index (χ1v) is 8.63. The Morgan fingerprint density at radius 2 is 2.00 bits per heavy atom. The maximum absolute atomic E-state index is 12.5. The molecule has 2 heterocycles. The van der Waals surface area contributed by atoms with Gasteiger partial charge < -0.3 is 15.0 Å². The average Bonchev–Trinajstić information content (AvgIpc) is 3.27. The summed E-state index contributed by atoms with van der Waals surface area (Å²) in [5, 5.41) is 4.54. The van der Waals surface area contributed by atoms with Crippen LogP contribution in [0.5, 0.6) is 5.75 Å². The summed E-state index contributed by atoms with van der Waals surface area (Å²) in [5.41, 5.74) is 0.460. The third-order valence-corrected chi connectivity index (χ3v) is 4.75. The zero-order valence-electron chi connectivity index (χ0n) is 13.2. The van der Waals surface area contributed by atoms with Crippen LogP contribution in [-0.4, -0.2) is 35.9 Å². The molecule has 0 saturated carbocycles. The zero-order chi connectivity index (χ0) is 17.8. The normalized spacial score (nSPS) is 16.9. The summed E-state index contributed by atoms with van der Waals surface area (Å²) in [6, 6.07) is 8.67. The number of nitrogens with zero attached hydrogens (tertiary/aromatic N) is 1. The number of likely N-dealkylation sites (tertiary alicyclic amines) is 1.